The maximum atomic E-state index is 5.74. The largest absolute Gasteiger partial charge is 0.383 e. The number of anilines is 1. The minimum atomic E-state index is 0.492. The molecular weight excluding hydrogens is 162 g/mol. The van der Waals surface area contributed by atoms with Crippen LogP contribution in [0.2, 0.25) is 0 Å². The first-order valence-electron chi connectivity index (χ1n) is 4.64. The number of nitrogens with zero attached hydrogens (tertiary/aromatic N) is 1. The van der Waals surface area contributed by atoms with E-state index < -0.39 is 0 Å². The molecule has 1 aromatic rings. The number of pyridine rings is 1. The van der Waals surface area contributed by atoms with Crippen molar-refractivity contribution in [3.05, 3.63) is 23.9 Å². The van der Waals surface area contributed by atoms with Crippen molar-refractivity contribution in [2.24, 2.45) is 0 Å². The average molecular weight is 179 g/mol. The highest BCUT2D eigenvalue weighted by Gasteiger charge is 2.06. The fourth-order valence-electron chi connectivity index (χ4n) is 1.34. The van der Waals surface area contributed by atoms with E-state index in [0.717, 1.165) is 18.4 Å². The van der Waals surface area contributed by atoms with Gasteiger partial charge >= 0.3 is 0 Å². The molecule has 0 radical (unpaired) electrons. The highest BCUT2D eigenvalue weighted by atomic mass is 14.9. The molecule has 1 heterocycles. The molecule has 0 aromatic carbocycles. The summed E-state index contributed by atoms with van der Waals surface area (Å²) in [5.41, 5.74) is 6.87. The van der Waals surface area contributed by atoms with Gasteiger partial charge in [-0.25, -0.2) is 4.98 Å². The molecule has 1 unspecified atom stereocenters. The van der Waals surface area contributed by atoms with Crippen LogP contribution in [0.1, 0.15) is 18.9 Å². The summed E-state index contributed by atoms with van der Waals surface area (Å²) >= 11 is 0. The van der Waals surface area contributed by atoms with Gasteiger partial charge < -0.3 is 11.1 Å². The summed E-state index contributed by atoms with van der Waals surface area (Å²) in [6.45, 7) is 2.16. The van der Waals surface area contributed by atoms with Gasteiger partial charge in [0.15, 0.2) is 0 Å². The number of aromatic nitrogens is 1. The summed E-state index contributed by atoms with van der Waals surface area (Å²) in [5.74, 6) is 0.649. The Kier molecular flexibility index (Phi) is 3.71. The molecule has 1 atom stereocenters. The molecule has 0 fully saturated rings. The van der Waals surface area contributed by atoms with Crippen molar-refractivity contribution >= 4 is 5.82 Å². The van der Waals surface area contributed by atoms with E-state index >= 15 is 0 Å². The van der Waals surface area contributed by atoms with Crippen LogP contribution in [0.3, 0.4) is 0 Å². The van der Waals surface area contributed by atoms with Gasteiger partial charge in [0.25, 0.3) is 0 Å². The zero-order chi connectivity index (χ0) is 9.68. The van der Waals surface area contributed by atoms with E-state index in [1.807, 2.05) is 19.2 Å². The molecule has 0 amide bonds. The number of rotatable bonds is 4. The van der Waals surface area contributed by atoms with Crippen LogP contribution < -0.4 is 11.1 Å². The van der Waals surface area contributed by atoms with Crippen LogP contribution in [0.25, 0.3) is 0 Å². The monoisotopic (exact) mass is 179 g/mol. The first-order chi connectivity index (χ1) is 6.27. The average Bonchev–Trinajstić information content (AvgIpc) is 2.17. The Morgan fingerprint density at radius 1 is 1.62 bits per heavy atom. The zero-order valence-electron chi connectivity index (χ0n) is 8.25. The highest BCUT2D eigenvalue weighted by molar-refractivity contribution is 5.38. The molecule has 13 heavy (non-hydrogen) atoms. The molecule has 0 saturated heterocycles. The summed E-state index contributed by atoms with van der Waals surface area (Å²) in [5, 5.41) is 3.24. The van der Waals surface area contributed by atoms with Crippen molar-refractivity contribution in [2.75, 3.05) is 12.8 Å². The second-order valence-electron chi connectivity index (χ2n) is 3.15. The second kappa shape index (κ2) is 4.82. The molecule has 3 heteroatoms. The predicted molar refractivity (Wildman–Crippen MR) is 55.5 cm³/mol. The van der Waals surface area contributed by atoms with Crippen LogP contribution in [-0.2, 0) is 6.42 Å². The normalized spacial score (nSPS) is 12.8. The number of hydrogen-bond acceptors (Lipinski definition) is 3. The Hall–Kier alpha value is -1.09. The smallest absolute Gasteiger partial charge is 0.126 e. The van der Waals surface area contributed by atoms with Gasteiger partial charge in [0, 0.05) is 12.2 Å². The summed E-state index contributed by atoms with van der Waals surface area (Å²) < 4.78 is 0. The Balaban J connectivity index is 2.67. The number of nitrogens with one attached hydrogen (secondary N) is 1. The quantitative estimate of drug-likeness (QED) is 0.730. The summed E-state index contributed by atoms with van der Waals surface area (Å²) in [6.07, 6.45) is 3.77. The molecule has 0 aliphatic rings. The minimum absolute atomic E-state index is 0.492. The van der Waals surface area contributed by atoms with Gasteiger partial charge in [-0.05, 0) is 31.5 Å². The minimum Gasteiger partial charge on any atom is -0.383 e. The van der Waals surface area contributed by atoms with Crippen molar-refractivity contribution < 1.29 is 0 Å². The summed E-state index contributed by atoms with van der Waals surface area (Å²) in [7, 11) is 1.97. The van der Waals surface area contributed by atoms with E-state index in [-0.39, 0.29) is 0 Å². The number of nitrogen functional groups attached to an aromatic ring is 1. The lowest BCUT2D eigenvalue weighted by Gasteiger charge is -2.14. The Labute approximate surface area is 79.4 Å². The standard InChI is InChI=1S/C10H17N3/c1-3-9(12-2)7-8-5-4-6-13-10(8)11/h4-6,9,12H,3,7H2,1-2H3,(H2,11,13). The maximum absolute atomic E-state index is 5.74. The van der Waals surface area contributed by atoms with Crippen LogP contribution in [0, 0.1) is 0 Å². The topological polar surface area (TPSA) is 50.9 Å². The Bertz CT molecular complexity index is 256. The first-order valence-corrected chi connectivity index (χ1v) is 4.64. The van der Waals surface area contributed by atoms with Gasteiger partial charge in [-0.3, -0.25) is 0 Å². The third-order valence-corrected chi connectivity index (χ3v) is 2.29. The molecule has 0 aliphatic heterocycles. The molecule has 72 valence electrons. The van der Waals surface area contributed by atoms with Crippen molar-refractivity contribution in [3.63, 3.8) is 0 Å². The molecule has 3 nitrogen and oxygen atoms in total. The maximum Gasteiger partial charge on any atom is 0.126 e. The second-order valence-corrected chi connectivity index (χ2v) is 3.15. The Morgan fingerprint density at radius 3 is 2.92 bits per heavy atom. The molecule has 0 bridgehead atoms. The van der Waals surface area contributed by atoms with Gasteiger partial charge in [0.05, 0.1) is 0 Å². The molecule has 0 saturated carbocycles. The van der Waals surface area contributed by atoms with Crippen molar-refractivity contribution in [2.45, 2.75) is 25.8 Å². The van der Waals surface area contributed by atoms with E-state index in [1.54, 1.807) is 6.20 Å². The number of hydrogen-bond donors (Lipinski definition) is 2. The van der Waals surface area contributed by atoms with Crippen LogP contribution in [0.5, 0.6) is 0 Å². The van der Waals surface area contributed by atoms with E-state index in [1.165, 1.54) is 0 Å². The lowest BCUT2D eigenvalue weighted by molar-refractivity contribution is 0.543. The van der Waals surface area contributed by atoms with Crippen molar-refractivity contribution in [1.29, 1.82) is 0 Å². The van der Waals surface area contributed by atoms with E-state index in [2.05, 4.69) is 17.2 Å². The molecule has 0 aliphatic carbocycles. The molecule has 0 spiro atoms. The molecule has 1 rings (SSSR count). The van der Waals surface area contributed by atoms with Crippen molar-refractivity contribution in [3.8, 4) is 0 Å². The summed E-state index contributed by atoms with van der Waals surface area (Å²) in [6, 6.07) is 4.45. The lowest BCUT2D eigenvalue weighted by Crippen LogP contribution is -2.26. The van der Waals surface area contributed by atoms with E-state index in [4.69, 9.17) is 5.73 Å². The lowest BCUT2D eigenvalue weighted by atomic mass is 10.1. The van der Waals surface area contributed by atoms with Gasteiger partial charge in [-0.15, -0.1) is 0 Å². The molecule has 1 aromatic heterocycles. The first kappa shape index (κ1) is 9.99. The third kappa shape index (κ3) is 2.70. The van der Waals surface area contributed by atoms with E-state index in [9.17, 15) is 0 Å². The van der Waals surface area contributed by atoms with E-state index in [0.29, 0.717) is 11.9 Å². The zero-order valence-corrected chi connectivity index (χ0v) is 8.25. The fourth-order valence-corrected chi connectivity index (χ4v) is 1.34. The highest BCUT2D eigenvalue weighted by Crippen LogP contribution is 2.10. The number of nitrogens with two attached hydrogens (primary N) is 1. The molecular formula is C10H17N3. The van der Waals surface area contributed by atoms with Gasteiger partial charge in [0.1, 0.15) is 5.82 Å². The molecule has 3 N–H and O–H groups in total. The third-order valence-electron chi connectivity index (χ3n) is 2.29. The van der Waals surface area contributed by atoms with Gasteiger partial charge in [-0.2, -0.15) is 0 Å². The fraction of sp³-hybridized carbons (Fsp3) is 0.500. The Morgan fingerprint density at radius 2 is 2.38 bits per heavy atom. The van der Waals surface area contributed by atoms with Crippen LogP contribution in [-0.4, -0.2) is 18.1 Å². The van der Waals surface area contributed by atoms with Crippen LogP contribution >= 0.6 is 0 Å². The van der Waals surface area contributed by atoms with Crippen molar-refractivity contribution in [1.82, 2.24) is 10.3 Å². The predicted octanol–water partition coefficient (Wildman–Crippen LogP) is 1.20. The summed E-state index contributed by atoms with van der Waals surface area (Å²) in [4.78, 5) is 4.05. The number of likely N-dealkylation sites (N-methyl/N-ethyl adjacent to an activating group) is 1. The van der Waals surface area contributed by atoms with Crippen LogP contribution in [0.15, 0.2) is 18.3 Å². The SMILES string of the molecule is CCC(Cc1cccnc1N)NC. The van der Waals surface area contributed by atoms with Gasteiger partial charge in [0.2, 0.25) is 0 Å². The van der Waals surface area contributed by atoms with Crippen LogP contribution in [0.4, 0.5) is 5.82 Å². The van der Waals surface area contributed by atoms with Gasteiger partial charge in [-0.1, -0.05) is 13.0 Å².